The van der Waals surface area contributed by atoms with Gasteiger partial charge < -0.3 is 4.90 Å². The van der Waals surface area contributed by atoms with Gasteiger partial charge in [-0.05, 0) is 25.8 Å². The smallest absolute Gasteiger partial charge is 0.264 e. The van der Waals surface area contributed by atoms with Crippen LogP contribution in [0.1, 0.15) is 39.8 Å². The summed E-state index contributed by atoms with van der Waals surface area (Å²) in [7, 11) is 3.83. The predicted octanol–water partition coefficient (Wildman–Crippen LogP) is 2.65. The standard InChI is InChI=1S/C16H19N5OS/c1-10-12-7-14(23-16(12)20(3)18-10)15(22)21-6-4-5-13(21)11-8-17-19(2)9-11/h7-9,13H,4-6H2,1-3H3/t13-/m1/s1. The number of aromatic nitrogens is 4. The summed E-state index contributed by atoms with van der Waals surface area (Å²) in [6.45, 7) is 2.79. The van der Waals surface area contributed by atoms with Crippen molar-refractivity contribution in [2.45, 2.75) is 25.8 Å². The second-order valence-corrected chi connectivity index (χ2v) is 7.17. The molecular formula is C16H19N5OS. The van der Waals surface area contributed by atoms with Crippen LogP contribution in [-0.4, -0.2) is 36.9 Å². The van der Waals surface area contributed by atoms with E-state index in [0.29, 0.717) is 0 Å². The van der Waals surface area contributed by atoms with Crippen molar-refractivity contribution in [2.24, 2.45) is 14.1 Å². The third kappa shape index (κ3) is 2.26. The number of aryl methyl sites for hydroxylation is 3. The van der Waals surface area contributed by atoms with Crippen molar-refractivity contribution in [1.82, 2.24) is 24.5 Å². The third-order valence-corrected chi connectivity index (χ3v) is 5.72. The molecule has 1 fully saturated rings. The van der Waals surface area contributed by atoms with Crippen LogP contribution in [0.4, 0.5) is 0 Å². The highest BCUT2D eigenvalue weighted by Crippen LogP contribution is 2.35. The quantitative estimate of drug-likeness (QED) is 0.726. The van der Waals surface area contributed by atoms with Gasteiger partial charge in [-0.2, -0.15) is 10.2 Å². The molecule has 7 heteroatoms. The fourth-order valence-corrected chi connectivity index (χ4v) is 4.50. The molecule has 1 saturated heterocycles. The minimum absolute atomic E-state index is 0.122. The Hall–Kier alpha value is -2.15. The Morgan fingerprint density at radius 1 is 1.39 bits per heavy atom. The second kappa shape index (κ2) is 5.19. The van der Waals surface area contributed by atoms with Crippen molar-refractivity contribution >= 4 is 27.5 Å². The third-order valence-electron chi connectivity index (χ3n) is 4.53. The van der Waals surface area contributed by atoms with Gasteiger partial charge in [-0.3, -0.25) is 14.2 Å². The zero-order valence-electron chi connectivity index (χ0n) is 13.5. The van der Waals surface area contributed by atoms with Crippen LogP contribution in [0.5, 0.6) is 0 Å². The van der Waals surface area contributed by atoms with Gasteiger partial charge >= 0.3 is 0 Å². The maximum atomic E-state index is 13.0. The number of thiophene rings is 1. The summed E-state index contributed by atoms with van der Waals surface area (Å²) in [6.07, 6.45) is 5.92. The molecule has 4 rings (SSSR count). The van der Waals surface area contributed by atoms with Gasteiger partial charge in [0, 0.05) is 37.8 Å². The van der Waals surface area contributed by atoms with Crippen LogP contribution in [0, 0.1) is 6.92 Å². The average molecular weight is 329 g/mol. The number of rotatable bonds is 2. The van der Waals surface area contributed by atoms with Crippen LogP contribution in [-0.2, 0) is 14.1 Å². The van der Waals surface area contributed by atoms with Gasteiger partial charge in [0.05, 0.1) is 22.8 Å². The lowest BCUT2D eigenvalue weighted by Gasteiger charge is -2.23. The lowest BCUT2D eigenvalue weighted by molar-refractivity contribution is 0.0740. The van der Waals surface area contributed by atoms with E-state index in [9.17, 15) is 4.79 Å². The van der Waals surface area contributed by atoms with Crippen LogP contribution < -0.4 is 0 Å². The highest BCUT2D eigenvalue weighted by Gasteiger charge is 2.32. The molecule has 120 valence electrons. The average Bonchev–Trinajstić information content (AvgIpc) is 3.26. The van der Waals surface area contributed by atoms with Crippen molar-refractivity contribution in [3.63, 3.8) is 0 Å². The van der Waals surface area contributed by atoms with E-state index in [2.05, 4.69) is 10.2 Å². The van der Waals surface area contributed by atoms with Gasteiger partial charge in [-0.25, -0.2) is 0 Å². The normalized spacial score (nSPS) is 18.2. The number of likely N-dealkylation sites (tertiary alicyclic amines) is 1. The Labute approximate surface area is 138 Å². The van der Waals surface area contributed by atoms with E-state index < -0.39 is 0 Å². The molecule has 0 aromatic carbocycles. The summed E-state index contributed by atoms with van der Waals surface area (Å²) < 4.78 is 3.65. The molecule has 0 saturated carbocycles. The van der Waals surface area contributed by atoms with E-state index in [0.717, 1.165) is 45.7 Å². The fraction of sp³-hybridized carbons (Fsp3) is 0.438. The molecule has 6 nitrogen and oxygen atoms in total. The Morgan fingerprint density at radius 2 is 2.22 bits per heavy atom. The molecule has 1 aliphatic rings. The molecule has 1 atom stereocenters. The van der Waals surface area contributed by atoms with Gasteiger partial charge in [-0.1, -0.05) is 0 Å². The van der Waals surface area contributed by atoms with Crippen molar-refractivity contribution < 1.29 is 4.79 Å². The Morgan fingerprint density at radius 3 is 2.91 bits per heavy atom. The Balaban J connectivity index is 1.67. The molecule has 0 N–H and O–H groups in total. The molecule has 1 aliphatic heterocycles. The van der Waals surface area contributed by atoms with Crippen molar-refractivity contribution in [3.05, 3.63) is 34.6 Å². The zero-order chi connectivity index (χ0) is 16.1. The maximum Gasteiger partial charge on any atom is 0.264 e. The second-order valence-electron chi connectivity index (χ2n) is 6.14. The number of carbonyl (C=O) groups excluding carboxylic acids is 1. The van der Waals surface area contributed by atoms with E-state index in [1.807, 2.05) is 49.1 Å². The largest absolute Gasteiger partial charge is 0.331 e. The highest BCUT2D eigenvalue weighted by molar-refractivity contribution is 7.20. The van der Waals surface area contributed by atoms with E-state index in [1.165, 1.54) is 11.3 Å². The Bertz CT molecular complexity index is 855. The van der Waals surface area contributed by atoms with Crippen molar-refractivity contribution in [3.8, 4) is 0 Å². The first-order chi connectivity index (χ1) is 11.0. The van der Waals surface area contributed by atoms with Crippen LogP contribution in [0.15, 0.2) is 18.5 Å². The number of hydrogen-bond donors (Lipinski definition) is 0. The van der Waals surface area contributed by atoms with E-state index in [4.69, 9.17) is 0 Å². The Kier molecular flexibility index (Phi) is 3.26. The molecule has 0 unspecified atom stereocenters. The summed E-state index contributed by atoms with van der Waals surface area (Å²) >= 11 is 1.53. The summed E-state index contributed by atoms with van der Waals surface area (Å²) in [5.41, 5.74) is 2.10. The molecule has 0 bridgehead atoms. The van der Waals surface area contributed by atoms with Gasteiger partial charge in [0.1, 0.15) is 4.83 Å². The first-order valence-corrected chi connectivity index (χ1v) is 8.59. The SMILES string of the molecule is Cc1nn(C)c2sc(C(=O)N3CCC[C@@H]3c3cnn(C)c3)cc12. The molecule has 1 amide bonds. The monoisotopic (exact) mass is 329 g/mol. The van der Waals surface area contributed by atoms with E-state index in [1.54, 1.807) is 4.68 Å². The summed E-state index contributed by atoms with van der Waals surface area (Å²) in [6, 6.07) is 2.13. The fourth-order valence-electron chi connectivity index (χ4n) is 3.42. The molecule has 3 aromatic rings. The predicted molar refractivity (Wildman–Crippen MR) is 89.5 cm³/mol. The number of hydrogen-bond acceptors (Lipinski definition) is 4. The summed E-state index contributed by atoms with van der Waals surface area (Å²) in [4.78, 5) is 16.9. The van der Waals surface area contributed by atoms with E-state index in [-0.39, 0.29) is 11.9 Å². The van der Waals surface area contributed by atoms with Crippen molar-refractivity contribution in [2.75, 3.05) is 6.54 Å². The first kappa shape index (κ1) is 14.4. The summed E-state index contributed by atoms with van der Waals surface area (Å²) in [5.74, 6) is 0.122. The number of amides is 1. The lowest BCUT2D eigenvalue weighted by Crippen LogP contribution is -2.29. The highest BCUT2D eigenvalue weighted by atomic mass is 32.1. The maximum absolute atomic E-state index is 13.0. The molecule has 3 aromatic heterocycles. The lowest BCUT2D eigenvalue weighted by atomic mass is 10.1. The van der Waals surface area contributed by atoms with Crippen molar-refractivity contribution in [1.29, 1.82) is 0 Å². The van der Waals surface area contributed by atoms with Gasteiger partial charge in [-0.15, -0.1) is 11.3 Å². The van der Waals surface area contributed by atoms with Crippen LogP contribution in [0.2, 0.25) is 0 Å². The minimum atomic E-state index is 0.122. The first-order valence-electron chi connectivity index (χ1n) is 7.77. The number of nitrogens with zero attached hydrogens (tertiary/aromatic N) is 5. The molecular weight excluding hydrogens is 310 g/mol. The molecule has 0 radical (unpaired) electrons. The van der Waals surface area contributed by atoms with Crippen LogP contribution >= 0.6 is 11.3 Å². The zero-order valence-corrected chi connectivity index (χ0v) is 14.3. The van der Waals surface area contributed by atoms with Crippen LogP contribution in [0.3, 0.4) is 0 Å². The van der Waals surface area contributed by atoms with Gasteiger partial charge in [0.2, 0.25) is 0 Å². The number of carbonyl (C=O) groups is 1. The molecule has 23 heavy (non-hydrogen) atoms. The van der Waals surface area contributed by atoms with Gasteiger partial charge in [0.25, 0.3) is 5.91 Å². The van der Waals surface area contributed by atoms with E-state index >= 15 is 0 Å². The molecule has 0 spiro atoms. The number of fused-ring (bicyclic) bond motifs is 1. The summed E-state index contributed by atoms with van der Waals surface area (Å²) in [5, 5.41) is 9.73. The van der Waals surface area contributed by atoms with Crippen LogP contribution in [0.25, 0.3) is 10.2 Å². The minimum Gasteiger partial charge on any atom is -0.331 e. The molecule has 4 heterocycles. The topological polar surface area (TPSA) is 56.0 Å². The van der Waals surface area contributed by atoms with Gasteiger partial charge in [0.15, 0.2) is 0 Å². The molecule has 0 aliphatic carbocycles.